The fourth-order valence-corrected chi connectivity index (χ4v) is 2.24. The molecule has 0 aliphatic carbocycles. The van der Waals surface area contributed by atoms with Crippen LogP contribution in [0.4, 0.5) is 5.82 Å². The molecule has 0 atom stereocenters. The van der Waals surface area contributed by atoms with E-state index in [9.17, 15) is 0 Å². The first-order valence-electron chi connectivity index (χ1n) is 5.13. The second-order valence-corrected chi connectivity index (χ2v) is 4.22. The third-order valence-electron chi connectivity index (χ3n) is 2.40. The maximum Gasteiger partial charge on any atom is 0.135 e. The van der Waals surface area contributed by atoms with Gasteiger partial charge in [0.05, 0.1) is 7.11 Å². The highest BCUT2D eigenvalue weighted by molar-refractivity contribution is 9.10. The van der Waals surface area contributed by atoms with E-state index < -0.39 is 0 Å². The fraction of sp³-hybridized carbons (Fsp3) is 0.250. The minimum atomic E-state index is 0.843. The number of fused-ring (bicyclic) bond motifs is 1. The van der Waals surface area contributed by atoms with Crippen molar-refractivity contribution in [2.75, 3.05) is 19.0 Å². The molecule has 2 rings (SSSR count). The summed E-state index contributed by atoms with van der Waals surface area (Å²) >= 11 is 3.55. The Morgan fingerprint density at radius 3 is 2.88 bits per heavy atom. The van der Waals surface area contributed by atoms with Crippen molar-refractivity contribution in [3.63, 3.8) is 0 Å². The molecule has 84 valence electrons. The van der Waals surface area contributed by atoms with Gasteiger partial charge in [-0.25, -0.2) is 4.98 Å². The topological polar surface area (TPSA) is 34.2 Å². The molecule has 0 radical (unpaired) electrons. The van der Waals surface area contributed by atoms with Crippen molar-refractivity contribution in [3.05, 3.63) is 28.9 Å². The number of anilines is 1. The molecule has 0 spiro atoms. The van der Waals surface area contributed by atoms with Crippen molar-refractivity contribution in [2.45, 2.75) is 6.92 Å². The number of methoxy groups -OCH3 is 1. The molecule has 0 unspecified atom stereocenters. The van der Waals surface area contributed by atoms with Crippen molar-refractivity contribution >= 4 is 32.5 Å². The van der Waals surface area contributed by atoms with E-state index in [4.69, 9.17) is 4.74 Å². The summed E-state index contributed by atoms with van der Waals surface area (Å²) in [6, 6.07) is 5.88. The van der Waals surface area contributed by atoms with Crippen molar-refractivity contribution in [1.82, 2.24) is 4.98 Å². The average Bonchev–Trinajstić information content (AvgIpc) is 2.30. The highest BCUT2D eigenvalue weighted by Gasteiger charge is 2.09. The largest absolute Gasteiger partial charge is 0.496 e. The molecule has 16 heavy (non-hydrogen) atoms. The molecule has 4 heteroatoms. The number of nitrogens with one attached hydrogen (secondary N) is 1. The van der Waals surface area contributed by atoms with Crippen molar-refractivity contribution in [1.29, 1.82) is 0 Å². The van der Waals surface area contributed by atoms with Gasteiger partial charge < -0.3 is 10.1 Å². The number of pyridine rings is 1. The van der Waals surface area contributed by atoms with Gasteiger partial charge in [0.15, 0.2) is 0 Å². The summed E-state index contributed by atoms with van der Waals surface area (Å²) in [6.45, 7) is 2.89. The Labute approximate surface area is 103 Å². The molecule has 1 N–H and O–H groups in total. The summed E-state index contributed by atoms with van der Waals surface area (Å²) in [6.07, 6.45) is 1.79. The van der Waals surface area contributed by atoms with Crippen LogP contribution >= 0.6 is 15.9 Å². The molecular formula is C12H13BrN2O. The van der Waals surface area contributed by atoms with Gasteiger partial charge in [0, 0.05) is 28.0 Å². The summed E-state index contributed by atoms with van der Waals surface area (Å²) in [5.41, 5.74) is 0. The Bertz CT molecular complexity index is 514. The maximum atomic E-state index is 5.34. The van der Waals surface area contributed by atoms with Gasteiger partial charge in [-0.2, -0.15) is 0 Å². The minimum absolute atomic E-state index is 0.843. The lowest BCUT2D eigenvalue weighted by atomic mass is 10.1. The predicted molar refractivity (Wildman–Crippen MR) is 70.2 cm³/mol. The molecule has 0 fully saturated rings. The van der Waals surface area contributed by atoms with Crippen LogP contribution in [-0.4, -0.2) is 18.6 Å². The number of ether oxygens (including phenoxy) is 1. The highest BCUT2D eigenvalue weighted by Crippen LogP contribution is 2.35. The molecule has 2 aromatic rings. The first-order chi connectivity index (χ1) is 7.77. The van der Waals surface area contributed by atoms with Gasteiger partial charge in [0.25, 0.3) is 0 Å². The average molecular weight is 281 g/mol. The molecule has 0 bridgehead atoms. The third-order valence-corrected chi connectivity index (χ3v) is 3.06. The van der Waals surface area contributed by atoms with E-state index in [2.05, 4.69) is 33.2 Å². The molecule has 1 heterocycles. The number of hydrogen-bond donors (Lipinski definition) is 1. The lowest BCUT2D eigenvalue weighted by molar-refractivity contribution is 0.420. The highest BCUT2D eigenvalue weighted by atomic mass is 79.9. The molecule has 3 nitrogen and oxygen atoms in total. The standard InChI is InChI=1S/C12H13BrN2O/c1-3-14-12-11-8(6-7-15-12)10(16-2)5-4-9(11)13/h4-7H,3H2,1-2H3,(H,14,15). The van der Waals surface area contributed by atoms with Crippen LogP contribution in [0.15, 0.2) is 28.9 Å². The summed E-state index contributed by atoms with van der Waals surface area (Å²) in [5.74, 6) is 1.74. The minimum Gasteiger partial charge on any atom is -0.496 e. The zero-order valence-corrected chi connectivity index (χ0v) is 10.8. The number of hydrogen-bond acceptors (Lipinski definition) is 3. The molecule has 0 aliphatic rings. The van der Waals surface area contributed by atoms with E-state index in [0.717, 1.165) is 33.4 Å². The summed E-state index contributed by atoms with van der Waals surface area (Å²) in [5, 5.41) is 5.36. The van der Waals surface area contributed by atoms with Crippen LogP contribution in [0.25, 0.3) is 10.8 Å². The summed E-state index contributed by atoms with van der Waals surface area (Å²) in [4.78, 5) is 4.34. The van der Waals surface area contributed by atoms with Gasteiger partial charge in [-0.1, -0.05) is 15.9 Å². The first-order valence-corrected chi connectivity index (χ1v) is 5.92. The van der Waals surface area contributed by atoms with Gasteiger partial charge in [-0.05, 0) is 25.1 Å². The van der Waals surface area contributed by atoms with Crippen molar-refractivity contribution in [2.24, 2.45) is 0 Å². The second-order valence-electron chi connectivity index (χ2n) is 3.36. The number of benzene rings is 1. The zero-order chi connectivity index (χ0) is 11.5. The summed E-state index contributed by atoms with van der Waals surface area (Å²) in [7, 11) is 1.68. The van der Waals surface area contributed by atoms with Crippen LogP contribution in [0.5, 0.6) is 5.75 Å². The molecule has 1 aromatic heterocycles. The van der Waals surface area contributed by atoms with Crippen LogP contribution in [0.3, 0.4) is 0 Å². The Morgan fingerprint density at radius 1 is 1.38 bits per heavy atom. The molecule has 0 saturated heterocycles. The van der Waals surface area contributed by atoms with Crippen molar-refractivity contribution in [3.8, 4) is 5.75 Å². The zero-order valence-electron chi connectivity index (χ0n) is 9.25. The predicted octanol–water partition coefficient (Wildman–Crippen LogP) is 3.44. The van der Waals surface area contributed by atoms with Gasteiger partial charge in [0.1, 0.15) is 11.6 Å². The van der Waals surface area contributed by atoms with E-state index in [1.807, 2.05) is 18.2 Å². The number of nitrogens with zero attached hydrogens (tertiary/aromatic N) is 1. The smallest absolute Gasteiger partial charge is 0.135 e. The van der Waals surface area contributed by atoms with E-state index >= 15 is 0 Å². The lowest BCUT2D eigenvalue weighted by Gasteiger charge is -2.11. The maximum absolute atomic E-state index is 5.34. The van der Waals surface area contributed by atoms with E-state index in [1.54, 1.807) is 13.3 Å². The first kappa shape index (κ1) is 11.2. The Morgan fingerprint density at radius 2 is 2.19 bits per heavy atom. The van der Waals surface area contributed by atoms with Gasteiger partial charge in [-0.15, -0.1) is 0 Å². The van der Waals surface area contributed by atoms with Crippen molar-refractivity contribution < 1.29 is 4.74 Å². The normalized spacial score (nSPS) is 10.4. The SMILES string of the molecule is CCNc1nccc2c(OC)ccc(Br)c12. The Balaban J connectivity index is 2.75. The van der Waals surface area contributed by atoms with E-state index in [-0.39, 0.29) is 0 Å². The third kappa shape index (κ3) is 1.85. The number of aromatic nitrogens is 1. The fourth-order valence-electron chi connectivity index (χ4n) is 1.71. The van der Waals surface area contributed by atoms with Gasteiger partial charge in [-0.3, -0.25) is 0 Å². The van der Waals surface area contributed by atoms with E-state index in [1.165, 1.54) is 0 Å². The van der Waals surface area contributed by atoms with E-state index in [0.29, 0.717) is 0 Å². The van der Waals surface area contributed by atoms with Crippen LogP contribution in [0.1, 0.15) is 6.92 Å². The molecule has 0 amide bonds. The molecular weight excluding hydrogens is 268 g/mol. The second kappa shape index (κ2) is 4.70. The monoisotopic (exact) mass is 280 g/mol. The Kier molecular flexibility index (Phi) is 3.29. The molecule has 0 saturated carbocycles. The Hall–Kier alpha value is -1.29. The van der Waals surface area contributed by atoms with Gasteiger partial charge >= 0.3 is 0 Å². The van der Waals surface area contributed by atoms with Crippen LogP contribution in [-0.2, 0) is 0 Å². The molecule has 0 aliphatic heterocycles. The van der Waals surface area contributed by atoms with Crippen LogP contribution in [0.2, 0.25) is 0 Å². The van der Waals surface area contributed by atoms with Crippen LogP contribution < -0.4 is 10.1 Å². The lowest BCUT2D eigenvalue weighted by Crippen LogP contribution is -2.00. The van der Waals surface area contributed by atoms with Crippen LogP contribution in [0, 0.1) is 0 Å². The molecule has 1 aromatic carbocycles. The number of halogens is 1. The number of rotatable bonds is 3. The van der Waals surface area contributed by atoms with Gasteiger partial charge in [0.2, 0.25) is 0 Å². The summed E-state index contributed by atoms with van der Waals surface area (Å²) < 4.78 is 6.36. The quantitative estimate of drug-likeness (QED) is 0.935.